The molecule has 0 saturated carbocycles. The number of nitrogens with one attached hydrogen (secondary N) is 2. The minimum Gasteiger partial charge on any atom is -0.312 e. The maximum atomic E-state index is 12.0. The van der Waals surface area contributed by atoms with Crippen LogP contribution in [0.4, 0.5) is 0 Å². The molecule has 2 heterocycles. The lowest BCUT2D eigenvalue weighted by Gasteiger charge is -2.31. The van der Waals surface area contributed by atoms with Crippen molar-refractivity contribution in [2.75, 3.05) is 26.2 Å². The second-order valence-corrected chi connectivity index (χ2v) is 5.61. The number of aromatic amines is 1. The Balaban J connectivity index is 1.62. The third-order valence-electron chi connectivity index (χ3n) is 3.99. The normalized spacial score (nSPS) is 20.6. The van der Waals surface area contributed by atoms with Crippen molar-refractivity contribution in [3.05, 3.63) is 34.7 Å². The van der Waals surface area contributed by atoms with Crippen LogP contribution in [0, 0.1) is 0 Å². The molecule has 0 amide bonds. The van der Waals surface area contributed by atoms with Crippen molar-refractivity contribution in [3.8, 4) is 0 Å². The molecule has 1 saturated heterocycles. The summed E-state index contributed by atoms with van der Waals surface area (Å²) < 4.78 is 1.85. The molecule has 1 atom stereocenters. The fourth-order valence-corrected chi connectivity index (χ4v) is 3.00. The van der Waals surface area contributed by atoms with Gasteiger partial charge in [-0.3, -0.25) is 4.57 Å². The van der Waals surface area contributed by atoms with Crippen molar-refractivity contribution in [1.82, 2.24) is 19.8 Å². The van der Waals surface area contributed by atoms with Crippen LogP contribution in [0.25, 0.3) is 11.0 Å². The molecule has 0 unspecified atom stereocenters. The van der Waals surface area contributed by atoms with E-state index in [2.05, 4.69) is 22.1 Å². The third kappa shape index (κ3) is 2.78. The Bertz CT molecular complexity index is 630. The Morgan fingerprint density at radius 1 is 1.30 bits per heavy atom. The molecule has 1 aromatic heterocycles. The van der Waals surface area contributed by atoms with Gasteiger partial charge in [0.15, 0.2) is 0 Å². The number of hydrogen-bond donors (Lipinski definition) is 2. The number of para-hydroxylation sites is 2. The zero-order valence-electron chi connectivity index (χ0n) is 11.9. The minimum absolute atomic E-state index is 0.000112. The molecule has 1 aliphatic heterocycles. The molecule has 1 aliphatic rings. The minimum atomic E-state index is -0.000112. The standard InChI is InChI=1S/C15H22N4O/c1-12-11-18(10-7-16-12)8-4-9-19-14-6-3-2-5-13(14)17-15(19)20/h2-3,5-6,12,16H,4,7-11H2,1H3,(H,17,20)/t12-/m0/s1. The summed E-state index contributed by atoms with van der Waals surface area (Å²) in [6.07, 6.45) is 1.01. The second kappa shape index (κ2) is 5.81. The van der Waals surface area contributed by atoms with E-state index in [1.165, 1.54) is 0 Å². The lowest BCUT2D eigenvalue weighted by Crippen LogP contribution is -2.49. The lowest BCUT2D eigenvalue weighted by atomic mass is 10.2. The molecule has 0 bridgehead atoms. The Labute approximate surface area is 118 Å². The molecule has 2 aromatic rings. The number of rotatable bonds is 4. The zero-order chi connectivity index (χ0) is 13.9. The number of fused-ring (bicyclic) bond motifs is 1. The van der Waals surface area contributed by atoms with E-state index in [1.807, 2.05) is 28.8 Å². The Hall–Kier alpha value is -1.59. The number of hydrogen-bond acceptors (Lipinski definition) is 3. The van der Waals surface area contributed by atoms with Crippen molar-refractivity contribution >= 4 is 11.0 Å². The van der Waals surface area contributed by atoms with Gasteiger partial charge in [0, 0.05) is 32.2 Å². The van der Waals surface area contributed by atoms with Crippen LogP contribution in [0.1, 0.15) is 13.3 Å². The molecule has 5 heteroatoms. The third-order valence-corrected chi connectivity index (χ3v) is 3.99. The molecule has 20 heavy (non-hydrogen) atoms. The first-order valence-corrected chi connectivity index (χ1v) is 7.37. The monoisotopic (exact) mass is 274 g/mol. The van der Waals surface area contributed by atoms with Gasteiger partial charge in [-0.2, -0.15) is 0 Å². The van der Waals surface area contributed by atoms with Gasteiger partial charge in [0.05, 0.1) is 11.0 Å². The Kier molecular flexibility index (Phi) is 3.89. The van der Waals surface area contributed by atoms with Gasteiger partial charge < -0.3 is 15.2 Å². The number of H-pyrrole nitrogens is 1. The van der Waals surface area contributed by atoms with Gasteiger partial charge >= 0.3 is 5.69 Å². The molecule has 0 radical (unpaired) electrons. The van der Waals surface area contributed by atoms with Crippen molar-refractivity contribution in [3.63, 3.8) is 0 Å². The molecule has 0 aliphatic carbocycles. The average Bonchev–Trinajstić information content (AvgIpc) is 2.75. The van der Waals surface area contributed by atoms with E-state index in [0.29, 0.717) is 6.04 Å². The van der Waals surface area contributed by atoms with Crippen LogP contribution in [0.5, 0.6) is 0 Å². The highest BCUT2D eigenvalue weighted by atomic mass is 16.1. The van der Waals surface area contributed by atoms with E-state index >= 15 is 0 Å². The van der Waals surface area contributed by atoms with Crippen LogP contribution < -0.4 is 11.0 Å². The summed E-state index contributed by atoms with van der Waals surface area (Å²) in [6.45, 7) is 7.32. The molecule has 108 valence electrons. The summed E-state index contributed by atoms with van der Waals surface area (Å²) in [5.41, 5.74) is 1.93. The fourth-order valence-electron chi connectivity index (χ4n) is 3.00. The zero-order valence-corrected chi connectivity index (χ0v) is 11.9. The summed E-state index contributed by atoms with van der Waals surface area (Å²) in [6, 6.07) is 8.44. The Morgan fingerprint density at radius 2 is 2.15 bits per heavy atom. The highest BCUT2D eigenvalue weighted by Gasteiger charge is 2.15. The molecule has 0 spiro atoms. The van der Waals surface area contributed by atoms with E-state index in [4.69, 9.17) is 0 Å². The highest BCUT2D eigenvalue weighted by molar-refractivity contribution is 5.74. The van der Waals surface area contributed by atoms with Crippen molar-refractivity contribution in [2.24, 2.45) is 0 Å². The summed E-state index contributed by atoms with van der Waals surface area (Å²) in [5, 5.41) is 3.45. The van der Waals surface area contributed by atoms with Crippen LogP contribution in [-0.2, 0) is 6.54 Å². The van der Waals surface area contributed by atoms with E-state index in [1.54, 1.807) is 0 Å². The number of aryl methyl sites for hydroxylation is 1. The molecule has 1 fully saturated rings. The number of nitrogens with zero attached hydrogens (tertiary/aromatic N) is 2. The molecule has 1 aromatic carbocycles. The summed E-state index contributed by atoms with van der Waals surface area (Å²) in [7, 11) is 0. The average molecular weight is 274 g/mol. The first kappa shape index (κ1) is 13.4. The quantitative estimate of drug-likeness (QED) is 0.875. The highest BCUT2D eigenvalue weighted by Crippen LogP contribution is 2.09. The van der Waals surface area contributed by atoms with Gasteiger partial charge in [-0.05, 0) is 32.0 Å². The number of benzene rings is 1. The van der Waals surface area contributed by atoms with Crippen LogP contribution in [-0.4, -0.2) is 46.7 Å². The molecule has 3 rings (SSSR count). The van der Waals surface area contributed by atoms with Gasteiger partial charge in [0.25, 0.3) is 0 Å². The van der Waals surface area contributed by atoms with Gasteiger partial charge in [-0.1, -0.05) is 12.1 Å². The predicted molar refractivity (Wildman–Crippen MR) is 81.1 cm³/mol. The number of piperazine rings is 1. The summed E-state index contributed by atoms with van der Waals surface area (Å²) in [5.74, 6) is 0. The van der Waals surface area contributed by atoms with Crippen molar-refractivity contribution < 1.29 is 0 Å². The largest absolute Gasteiger partial charge is 0.326 e. The van der Waals surface area contributed by atoms with E-state index < -0.39 is 0 Å². The maximum absolute atomic E-state index is 12.0. The number of aromatic nitrogens is 2. The van der Waals surface area contributed by atoms with Crippen LogP contribution in [0.3, 0.4) is 0 Å². The van der Waals surface area contributed by atoms with Gasteiger partial charge in [-0.25, -0.2) is 4.79 Å². The van der Waals surface area contributed by atoms with Crippen molar-refractivity contribution in [2.45, 2.75) is 25.9 Å². The van der Waals surface area contributed by atoms with Gasteiger partial charge in [-0.15, -0.1) is 0 Å². The van der Waals surface area contributed by atoms with E-state index in [0.717, 1.165) is 50.2 Å². The first-order chi connectivity index (χ1) is 9.74. The van der Waals surface area contributed by atoms with Crippen LogP contribution in [0.2, 0.25) is 0 Å². The fraction of sp³-hybridized carbons (Fsp3) is 0.533. The smallest absolute Gasteiger partial charge is 0.312 e. The molecule has 5 nitrogen and oxygen atoms in total. The molecule has 2 N–H and O–H groups in total. The predicted octanol–water partition coefficient (Wildman–Crippen LogP) is 1.01. The van der Waals surface area contributed by atoms with Crippen molar-refractivity contribution in [1.29, 1.82) is 0 Å². The number of imidazole rings is 1. The summed E-state index contributed by atoms with van der Waals surface area (Å²) >= 11 is 0. The van der Waals surface area contributed by atoms with Crippen LogP contribution >= 0.6 is 0 Å². The lowest BCUT2D eigenvalue weighted by molar-refractivity contribution is 0.202. The maximum Gasteiger partial charge on any atom is 0.326 e. The molecular formula is C15H22N4O. The summed E-state index contributed by atoms with van der Waals surface area (Å²) in [4.78, 5) is 17.3. The Morgan fingerprint density at radius 3 is 3.00 bits per heavy atom. The van der Waals surface area contributed by atoms with Gasteiger partial charge in [0.2, 0.25) is 0 Å². The van der Waals surface area contributed by atoms with Gasteiger partial charge in [0.1, 0.15) is 0 Å². The SMILES string of the molecule is C[C@H]1CN(CCCn2c(=O)[nH]c3ccccc32)CCN1. The first-order valence-electron chi connectivity index (χ1n) is 7.37. The van der Waals surface area contributed by atoms with Crippen LogP contribution in [0.15, 0.2) is 29.1 Å². The van der Waals surface area contributed by atoms with E-state index in [-0.39, 0.29) is 5.69 Å². The topological polar surface area (TPSA) is 53.1 Å². The second-order valence-electron chi connectivity index (χ2n) is 5.61. The molecular weight excluding hydrogens is 252 g/mol. The van der Waals surface area contributed by atoms with E-state index in [9.17, 15) is 4.79 Å².